The molecule has 0 radical (unpaired) electrons. The van der Waals surface area contributed by atoms with E-state index in [9.17, 15) is 10.2 Å². The molecule has 1 aliphatic rings. The van der Waals surface area contributed by atoms with Gasteiger partial charge in [0.05, 0.1) is 19.6 Å². The van der Waals surface area contributed by atoms with Crippen LogP contribution >= 0.6 is 0 Å². The van der Waals surface area contributed by atoms with Crippen LogP contribution < -0.4 is 4.90 Å². The second kappa shape index (κ2) is 18.5. The van der Waals surface area contributed by atoms with Crippen LogP contribution in [0.25, 0.3) is 0 Å². The molecule has 0 saturated heterocycles. The first kappa shape index (κ1) is 33.3. The van der Waals surface area contributed by atoms with Crippen molar-refractivity contribution < 1.29 is 15.1 Å². The van der Waals surface area contributed by atoms with Gasteiger partial charge in [0.15, 0.2) is 0 Å². The van der Waals surface area contributed by atoms with Crippen molar-refractivity contribution in [2.45, 2.75) is 131 Å². The van der Waals surface area contributed by atoms with Crippen LogP contribution in [0.15, 0.2) is 29.9 Å². The van der Waals surface area contributed by atoms with Gasteiger partial charge in [-0.2, -0.15) is 0 Å². The summed E-state index contributed by atoms with van der Waals surface area (Å²) in [4.78, 5) is 1.84. The van der Waals surface area contributed by atoms with E-state index in [1.54, 1.807) is 0 Å². The number of unbranched alkanes of at least 4 members (excludes halogenated alkanes) is 5. The predicted octanol–water partition coefficient (Wildman–Crippen LogP) is 8.43. The highest BCUT2D eigenvalue weighted by molar-refractivity contribution is 5.56. The lowest BCUT2D eigenvalue weighted by atomic mass is 9.73. The van der Waals surface area contributed by atoms with Gasteiger partial charge < -0.3 is 15.1 Å². The van der Waals surface area contributed by atoms with Crippen LogP contribution in [0.2, 0.25) is 0 Å². The summed E-state index contributed by atoms with van der Waals surface area (Å²) in [6, 6.07) is 1.87. The number of hydrogen-bond acceptors (Lipinski definition) is 2. The molecule has 0 amide bonds. The van der Waals surface area contributed by atoms with Gasteiger partial charge in [0.1, 0.15) is 11.5 Å². The summed E-state index contributed by atoms with van der Waals surface area (Å²) >= 11 is 0. The standard InChI is InChI=1S/C22H32O2.C12H27N/c1-6-7-8-9-17-13-20(23)21(22(24)16(17)5)19-12-15(4)10-11-18(19)14(2)3;1-4-7-10-13(11-8-5-2)12-9-6-3/h12-13,18-19,23-24H,2,6-11H2,1,3-5H3;4-12H2,1-3H3/p+1/t18-,19+;/m0./s1. The fourth-order valence-electron chi connectivity index (χ4n) is 5.54. The highest BCUT2D eigenvalue weighted by Crippen LogP contribution is 2.47. The molecule has 0 unspecified atom stereocenters. The molecule has 212 valence electrons. The van der Waals surface area contributed by atoms with Crippen LogP contribution in [-0.2, 0) is 6.42 Å². The van der Waals surface area contributed by atoms with Crippen LogP contribution in [0.3, 0.4) is 0 Å². The van der Waals surface area contributed by atoms with Gasteiger partial charge in [0.25, 0.3) is 0 Å². The number of allylic oxidation sites excluding steroid dienone is 3. The highest BCUT2D eigenvalue weighted by Gasteiger charge is 2.31. The molecular formula is C34H60NO2+. The second-order valence-corrected chi connectivity index (χ2v) is 11.5. The number of aromatic hydroxyl groups is 2. The molecule has 0 saturated carbocycles. The average Bonchev–Trinajstić information content (AvgIpc) is 2.87. The molecule has 3 heteroatoms. The van der Waals surface area contributed by atoms with Gasteiger partial charge >= 0.3 is 0 Å². The zero-order chi connectivity index (χ0) is 27.8. The van der Waals surface area contributed by atoms with Gasteiger partial charge in [-0.1, -0.05) is 83.6 Å². The number of rotatable bonds is 15. The quantitative estimate of drug-likeness (QED) is 0.162. The lowest BCUT2D eigenvalue weighted by Gasteiger charge is -2.32. The molecule has 3 nitrogen and oxygen atoms in total. The third kappa shape index (κ3) is 11.3. The Bertz CT molecular complexity index is 807. The monoisotopic (exact) mass is 514 g/mol. The van der Waals surface area contributed by atoms with Gasteiger partial charge in [-0.05, 0) is 88.8 Å². The molecule has 0 aliphatic heterocycles. The first-order valence-electron chi connectivity index (χ1n) is 15.4. The molecule has 0 bridgehead atoms. The lowest BCUT2D eigenvalue weighted by molar-refractivity contribution is -0.900. The molecule has 0 heterocycles. The Hall–Kier alpha value is -1.74. The Morgan fingerprint density at radius 1 is 0.892 bits per heavy atom. The molecule has 0 aromatic heterocycles. The molecule has 1 aromatic carbocycles. The van der Waals surface area contributed by atoms with Crippen LogP contribution in [0.1, 0.15) is 135 Å². The summed E-state index contributed by atoms with van der Waals surface area (Å²) in [6.45, 7) is 23.5. The number of quaternary nitrogens is 1. The molecule has 0 spiro atoms. The summed E-state index contributed by atoms with van der Waals surface area (Å²) in [6.07, 6.45) is 16.9. The first-order valence-corrected chi connectivity index (χ1v) is 15.4. The fourth-order valence-corrected chi connectivity index (χ4v) is 5.54. The molecule has 1 aliphatic carbocycles. The molecular weight excluding hydrogens is 454 g/mol. The summed E-state index contributed by atoms with van der Waals surface area (Å²) in [5, 5.41) is 21.5. The molecule has 3 N–H and O–H groups in total. The Balaban J connectivity index is 0.000000448. The van der Waals surface area contributed by atoms with Crippen LogP contribution in [0, 0.1) is 12.8 Å². The van der Waals surface area contributed by atoms with Gasteiger partial charge in [0.2, 0.25) is 0 Å². The SMILES string of the molecule is C=C(C)[C@@H]1CCC(C)=C[C@H]1c1c(O)cc(CCCCC)c(C)c1O.CCCC[NH+](CCCC)CCCC. The minimum atomic E-state index is 0.0136. The Morgan fingerprint density at radius 3 is 1.92 bits per heavy atom. The summed E-state index contributed by atoms with van der Waals surface area (Å²) in [5.74, 6) is 0.783. The van der Waals surface area contributed by atoms with Gasteiger partial charge in [-0.15, -0.1) is 0 Å². The van der Waals surface area contributed by atoms with E-state index in [0.29, 0.717) is 5.56 Å². The normalized spacial score (nSPS) is 17.4. The van der Waals surface area contributed by atoms with Crippen LogP contribution in [0.5, 0.6) is 11.5 Å². The van der Waals surface area contributed by atoms with Crippen molar-refractivity contribution in [1.29, 1.82) is 0 Å². The lowest BCUT2D eigenvalue weighted by Crippen LogP contribution is -3.12. The van der Waals surface area contributed by atoms with Gasteiger partial charge in [-0.25, -0.2) is 0 Å². The predicted molar refractivity (Wildman–Crippen MR) is 162 cm³/mol. The van der Waals surface area contributed by atoms with Crippen LogP contribution in [0.4, 0.5) is 0 Å². The number of aryl methyl sites for hydroxylation is 1. The van der Waals surface area contributed by atoms with Gasteiger partial charge in [0, 0.05) is 11.5 Å². The van der Waals surface area contributed by atoms with E-state index in [0.717, 1.165) is 42.4 Å². The van der Waals surface area contributed by atoms with E-state index >= 15 is 0 Å². The molecule has 2 rings (SSSR count). The van der Waals surface area contributed by atoms with Crippen molar-refractivity contribution in [3.8, 4) is 11.5 Å². The van der Waals surface area contributed by atoms with Crippen molar-refractivity contribution in [3.63, 3.8) is 0 Å². The van der Waals surface area contributed by atoms with E-state index in [2.05, 4.69) is 47.3 Å². The summed E-state index contributed by atoms with van der Waals surface area (Å²) in [7, 11) is 0. The number of phenolic OH excluding ortho intramolecular Hbond substituents is 2. The zero-order valence-corrected chi connectivity index (χ0v) is 25.5. The third-order valence-corrected chi connectivity index (χ3v) is 8.09. The maximum atomic E-state index is 10.8. The Labute approximate surface area is 230 Å². The smallest absolute Gasteiger partial charge is 0.126 e. The van der Waals surface area contributed by atoms with Crippen LogP contribution in [-0.4, -0.2) is 29.8 Å². The summed E-state index contributed by atoms with van der Waals surface area (Å²) < 4.78 is 0. The molecule has 1 aromatic rings. The van der Waals surface area contributed by atoms with Crippen molar-refractivity contribution in [2.75, 3.05) is 19.6 Å². The Kier molecular flexibility index (Phi) is 16.6. The molecule has 2 atom stereocenters. The van der Waals surface area contributed by atoms with E-state index in [1.807, 2.05) is 24.8 Å². The minimum absolute atomic E-state index is 0.0136. The Morgan fingerprint density at radius 2 is 1.43 bits per heavy atom. The number of phenols is 2. The maximum Gasteiger partial charge on any atom is 0.126 e. The van der Waals surface area contributed by atoms with Crippen molar-refractivity contribution in [2.24, 2.45) is 5.92 Å². The van der Waals surface area contributed by atoms with E-state index < -0.39 is 0 Å². The van der Waals surface area contributed by atoms with E-state index in [1.165, 1.54) is 76.6 Å². The first-order chi connectivity index (χ1) is 17.7. The fraction of sp³-hybridized carbons (Fsp3) is 0.706. The average molecular weight is 515 g/mol. The largest absolute Gasteiger partial charge is 0.507 e. The minimum Gasteiger partial charge on any atom is -0.507 e. The molecule has 0 fully saturated rings. The topological polar surface area (TPSA) is 44.9 Å². The van der Waals surface area contributed by atoms with Crippen molar-refractivity contribution in [1.82, 2.24) is 0 Å². The van der Waals surface area contributed by atoms with E-state index in [-0.39, 0.29) is 23.3 Å². The molecule has 37 heavy (non-hydrogen) atoms. The number of nitrogens with one attached hydrogen (secondary N) is 1. The van der Waals surface area contributed by atoms with Crippen molar-refractivity contribution >= 4 is 0 Å². The number of benzene rings is 1. The third-order valence-electron chi connectivity index (χ3n) is 8.09. The summed E-state index contributed by atoms with van der Waals surface area (Å²) in [5.41, 5.74) is 5.09. The van der Waals surface area contributed by atoms with Gasteiger partial charge in [-0.3, -0.25) is 0 Å². The maximum absolute atomic E-state index is 10.8. The zero-order valence-electron chi connectivity index (χ0n) is 25.5. The van der Waals surface area contributed by atoms with Crippen molar-refractivity contribution in [3.05, 3.63) is 46.6 Å². The number of hydrogen-bond donors (Lipinski definition) is 3. The highest BCUT2D eigenvalue weighted by atomic mass is 16.3. The van der Waals surface area contributed by atoms with E-state index in [4.69, 9.17) is 0 Å². The second-order valence-electron chi connectivity index (χ2n) is 11.5.